The van der Waals surface area contributed by atoms with Gasteiger partial charge in [0, 0.05) is 25.7 Å². The fourth-order valence-corrected chi connectivity index (χ4v) is 11.7. The molecule has 0 aromatic heterocycles. The van der Waals surface area contributed by atoms with Crippen LogP contribution in [0.25, 0.3) is 0 Å². The van der Waals surface area contributed by atoms with E-state index in [-0.39, 0.29) is 25.7 Å². The first-order valence-electron chi connectivity index (χ1n) is 35.2. The summed E-state index contributed by atoms with van der Waals surface area (Å²) in [5.41, 5.74) is 0. The highest BCUT2D eigenvalue weighted by molar-refractivity contribution is 7.47. The number of aliphatic hydroxyl groups is 1. The third kappa shape index (κ3) is 61.3. The molecule has 0 aliphatic heterocycles. The molecule has 0 fully saturated rings. The second kappa shape index (κ2) is 57.9. The predicted molar refractivity (Wildman–Crippen MR) is 349 cm³/mol. The summed E-state index contributed by atoms with van der Waals surface area (Å²) in [7, 11) is -9.90. The van der Waals surface area contributed by atoms with Crippen LogP contribution in [-0.4, -0.2) is 96.7 Å². The molecule has 17 nitrogen and oxygen atoms in total. The zero-order valence-electron chi connectivity index (χ0n) is 56.6. The number of carbonyl (C=O) groups excluding carboxylic acids is 4. The molecule has 0 aromatic rings. The van der Waals surface area contributed by atoms with Crippen LogP contribution in [0.4, 0.5) is 0 Å². The molecule has 0 saturated carbocycles. The van der Waals surface area contributed by atoms with Crippen LogP contribution in [0.1, 0.15) is 331 Å². The Labute approximate surface area is 530 Å². The highest BCUT2D eigenvalue weighted by Crippen LogP contribution is 2.45. The molecule has 4 unspecified atom stereocenters. The number of phosphoric acid groups is 2. The van der Waals surface area contributed by atoms with Crippen LogP contribution in [0, 0.1) is 23.7 Å². The van der Waals surface area contributed by atoms with Crippen molar-refractivity contribution in [2.45, 2.75) is 350 Å². The first-order chi connectivity index (χ1) is 41.6. The molecule has 0 spiro atoms. The number of rotatable bonds is 65. The molecule has 19 heteroatoms. The second-order valence-corrected chi connectivity index (χ2v) is 29.1. The van der Waals surface area contributed by atoms with Crippen molar-refractivity contribution in [2.75, 3.05) is 39.6 Å². The number of ether oxygens (including phenoxy) is 4. The minimum Gasteiger partial charge on any atom is -0.462 e. The van der Waals surface area contributed by atoms with Crippen LogP contribution in [0.2, 0.25) is 0 Å². The van der Waals surface area contributed by atoms with Crippen LogP contribution in [-0.2, 0) is 65.4 Å². The topological polar surface area (TPSA) is 237 Å². The van der Waals surface area contributed by atoms with E-state index in [2.05, 4.69) is 55.4 Å². The summed E-state index contributed by atoms with van der Waals surface area (Å²) in [6, 6.07) is 0. The van der Waals surface area contributed by atoms with Crippen molar-refractivity contribution >= 4 is 39.5 Å². The number of hydrogen-bond donors (Lipinski definition) is 3. The van der Waals surface area contributed by atoms with Crippen molar-refractivity contribution in [2.24, 2.45) is 23.7 Å². The van der Waals surface area contributed by atoms with Crippen molar-refractivity contribution in [3.8, 4) is 0 Å². The smallest absolute Gasteiger partial charge is 0.462 e. The molecule has 0 radical (unpaired) electrons. The minimum absolute atomic E-state index is 0.102. The molecule has 87 heavy (non-hydrogen) atoms. The fraction of sp³-hybridized carbons (Fsp3) is 0.941. The molecular weight excluding hydrogens is 1150 g/mol. The Morgan fingerprint density at radius 1 is 0.322 bits per heavy atom. The van der Waals surface area contributed by atoms with E-state index in [0.29, 0.717) is 31.6 Å². The number of hydrogen-bond acceptors (Lipinski definition) is 15. The van der Waals surface area contributed by atoms with Crippen LogP contribution >= 0.6 is 15.6 Å². The van der Waals surface area contributed by atoms with Gasteiger partial charge in [-0.05, 0) is 49.4 Å². The number of phosphoric ester groups is 2. The van der Waals surface area contributed by atoms with Gasteiger partial charge in [0.1, 0.15) is 19.3 Å². The van der Waals surface area contributed by atoms with Gasteiger partial charge < -0.3 is 33.8 Å². The van der Waals surface area contributed by atoms with E-state index in [1.165, 1.54) is 135 Å². The van der Waals surface area contributed by atoms with Gasteiger partial charge in [-0.1, -0.05) is 280 Å². The Balaban J connectivity index is 5.18. The van der Waals surface area contributed by atoms with Gasteiger partial charge >= 0.3 is 39.5 Å². The molecular formula is C68H132O17P2. The molecule has 0 bridgehead atoms. The molecule has 0 aliphatic rings. The summed E-state index contributed by atoms with van der Waals surface area (Å²) in [6.07, 6.45) is 39.3. The van der Waals surface area contributed by atoms with Crippen molar-refractivity contribution < 1.29 is 80.2 Å². The highest BCUT2D eigenvalue weighted by Gasteiger charge is 2.30. The van der Waals surface area contributed by atoms with Gasteiger partial charge in [0.15, 0.2) is 12.2 Å². The van der Waals surface area contributed by atoms with Gasteiger partial charge in [0.05, 0.1) is 26.4 Å². The Morgan fingerprint density at radius 2 is 0.552 bits per heavy atom. The Hall–Kier alpha value is -1.94. The third-order valence-electron chi connectivity index (χ3n) is 15.9. The number of carbonyl (C=O) groups is 4. The van der Waals surface area contributed by atoms with Crippen molar-refractivity contribution in [1.29, 1.82) is 0 Å². The lowest BCUT2D eigenvalue weighted by atomic mass is 10.00. The Bertz CT molecular complexity index is 1730. The zero-order valence-corrected chi connectivity index (χ0v) is 58.4. The Kier molecular flexibility index (Phi) is 56.6. The maximum atomic E-state index is 13.0. The van der Waals surface area contributed by atoms with Gasteiger partial charge in [0.2, 0.25) is 0 Å². The number of unbranched alkanes of at least 4 members (excludes halogenated alkanes) is 30. The molecule has 3 N–H and O–H groups in total. The molecule has 0 aromatic carbocycles. The largest absolute Gasteiger partial charge is 0.472 e. The second-order valence-electron chi connectivity index (χ2n) is 26.2. The molecule has 0 rings (SSSR count). The van der Waals surface area contributed by atoms with E-state index in [4.69, 9.17) is 37.0 Å². The van der Waals surface area contributed by atoms with Crippen LogP contribution < -0.4 is 0 Å². The SMILES string of the molecule is CCC(C)CCCCCCCCC(=O)O[C@H](COC(=O)CCCCCCCCCCC(C)C)COP(=O)(O)OCC(O)COP(=O)(O)OC[C@@H](COC(=O)CCCCCCCCCCCCCCCCC(C)C)OC(=O)CCCCCCCCC(C)C. The summed E-state index contributed by atoms with van der Waals surface area (Å²) in [4.78, 5) is 72.3. The highest BCUT2D eigenvalue weighted by atomic mass is 31.2. The summed E-state index contributed by atoms with van der Waals surface area (Å²) >= 11 is 0. The molecule has 0 heterocycles. The minimum atomic E-state index is -4.95. The lowest BCUT2D eigenvalue weighted by molar-refractivity contribution is -0.161. The lowest BCUT2D eigenvalue weighted by Crippen LogP contribution is -2.30. The summed E-state index contributed by atoms with van der Waals surface area (Å²) in [5, 5.41) is 10.6. The maximum Gasteiger partial charge on any atom is 0.472 e. The van der Waals surface area contributed by atoms with E-state index in [1.807, 2.05) is 0 Å². The van der Waals surface area contributed by atoms with Gasteiger partial charge in [-0.3, -0.25) is 37.3 Å². The fourth-order valence-electron chi connectivity index (χ4n) is 10.1. The molecule has 0 amide bonds. The lowest BCUT2D eigenvalue weighted by Gasteiger charge is -2.21. The van der Waals surface area contributed by atoms with Crippen molar-refractivity contribution in [3.63, 3.8) is 0 Å². The summed E-state index contributed by atoms with van der Waals surface area (Å²) in [6.45, 7) is 14.0. The maximum absolute atomic E-state index is 13.0. The third-order valence-corrected chi connectivity index (χ3v) is 17.8. The van der Waals surface area contributed by atoms with E-state index in [0.717, 1.165) is 108 Å². The van der Waals surface area contributed by atoms with E-state index in [1.54, 1.807) is 0 Å². The van der Waals surface area contributed by atoms with Gasteiger partial charge in [0.25, 0.3) is 0 Å². The van der Waals surface area contributed by atoms with Gasteiger partial charge in [-0.25, -0.2) is 9.13 Å². The van der Waals surface area contributed by atoms with Crippen LogP contribution in [0.15, 0.2) is 0 Å². The first-order valence-corrected chi connectivity index (χ1v) is 38.2. The van der Waals surface area contributed by atoms with Gasteiger partial charge in [-0.2, -0.15) is 0 Å². The van der Waals surface area contributed by atoms with E-state index < -0.39 is 97.5 Å². The summed E-state index contributed by atoms with van der Waals surface area (Å²) in [5.74, 6) is 0.775. The molecule has 0 aliphatic carbocycles. The number of esters is 4. The average Bonchev–Trinajstić information content (AvgIpc) is 3.52. The molecule has 516 valence electrons. The van der Waals surface area contributed by atoms with Crippen LogP contribution in [0.5, 0.6) is 0 Å². The van der Waals surface area contributed by atoms with Gasteiger partial charge in [-0.15, -0.1) is 0 Å². The predicted octanol–water partition coefficient (Wildman–Crippen LogP) is 18.9. The van der Waals surface area contributed by atoms with E-state index >= 15 is 0 Å². The zero-order chi connectivity index (χ0) is 64.7. The van der Waals surface area contributed by atoms with Crippen molar-refractivity contribution in [3.05, 3.63) is 0 Å². The standard InChI is InChI=1S/C68H132O17P2/c1-9-61(8)47-39-31-25-27-35-43-51-68(73)85-64(55-79-66(71)49-41-33-23-19-18-21-29-37-45-59(4)5)57-83-87(76,77)81-53-62(69)52-80-86(74,75)82-56-63(84-67(72)50-42-34-26-24-30-38-46-60(6)7)54-78-65(70)48-40-32-22-17-15-13-11-10-12-14-16-20-28-36-44-58(2)3/h58-64,69H,9-57H2,1-8H3,(H,74,75)(H,76,77)/t61?,62?,63-,64-/m1/s1. The van der Waals surface area contributed by atoms with Crippen LogP contribution in [0.3, 0.4) is 0 Å². The normalized spacial score (nSPS) is 14.6. The van der Waals surface area contributed by atoms with E-state index in [9.17, 15) is 43.2 Å². The first kappa shape index (κ1) is 85.1. The average molecular weight is 1280 g/mol. The monoisotopic (exact) mass is 1280 g/mol. The number of aliphatic hydroxyl groups excluding tert-OH is 1. The molecule has 0 saturated heterocycles. The molecule has 6 atom stereocenters. The summed E-state index contributed by atoms with van der Waals surface area (Å²) < 4.78 is 68.1. The van der Waals surface area contributed by atoms with Crippen molar-refractivity contribution in [1.82, 2.24) is 0 Å². The Morgan fingerprint density at radius 3 is 0.816 bits per heavy atom. The quantitative estimate of drug-likeness (QED) is 0.0222.